The average molecular weight is 286 g/mol. The standard InChI is InChI=1S/C16H22N4O/c1-3-20-8-4-5-13(20)10-19(2)16(21)12-6-7-14-15(9-12)18-11-17-14/h6-7,9,11,13H,3-5,8,10H2,1-2H3,(H,17,18). The third kappa shape index (κ3) is 2.78. The van der Waals surface area contributed by atoms with Crippen molar-refractivity contribution in [3.63, 3.8) is 0 Å². The van der Waals surface area contributed by atoms with Crippen molar-refractivity contribution < 1.29 is 4.79 Å². The highest BCUT2D eigenvalue weighted by molar-refractivity contribution is 5.97. The van der Waals surface area contributed by atoms with E-state index in [0.29, 0.717) is 6.04 Å². The molecule has 1 unspecified atom stereocenters. The molecule has 5 heteroatoms. The van der Waals surface area contributed by atoms with E-state index in [9.17, 15) is 4.79 Å². The van der Waals surface area contributed by atoms with E-state index in [1.54, 1.807) is 6.33 Å². The molecule has 1 fully saturated rings. The number of imidazole rings is 1. The number of carbonyl (C=O) groups is 1. The maximum absolute atomic E-state index is 12.6. The average Bonchev–Trinajstić information content (AvgIpc) is 3.13. The summed E-state index contributed by atoms with van der Waals surface area (Å²) in [6.45, 7) is 5.20. The highest BCUT2D eigenvalue weighted by Gasteiger charge is 2.25. The molecule has 3 rings (SSSR count). The zero-order chi connectivity index (χ0) is 14.8. The van der Waals surface area contributed by atoms with Crippen molar-refractivity contribution in [2.75, 3.05) is 26.7 Å². The predicted octanol–water partition coefficient (Wildman–Crippen LogP) is 2.12. The minimum absolute atomic E-state index is 0.0782. The number of rotatable bonds is 4. The van der Waals surface area contributed by atoms with Crippen LogP contribution in [0.4, 0.5) is 0 Å². The molecule has 5 nitrogen and oxygen atoms in total. The number of benzene rings is 1. The molecule has 21 heavy (non-hydrogen) atoms. The van der Waals surface area contributed by atoms with Crippen LogP contribution >= 0.6 is 0 Å². The van der Waals surface area contributed by atoms with Gasteiger partial charge in [0.15, 0.2) is 0 Å². The number of fused-ring (bicyclic) bond motifs is 1. The fourth-order valence-corrected chi connectivity index (χ4v) is 3.21. The second kappa shape index (κ2) is 5.85. The molecule has 0 radical (unpaired) electrons. The van der Waals surface area contributed by atoms with E-state index in [0.717, 1.165) is 36.2 Å². The maximum atomic E-state index is 12.6. The maximum Gasteiger partial charge on any atom is 0.253 e. The van der Waals surface area contributed by atoms with Crippen LogP contribution in [0.15, 0.2) is 24.5 Å². The molecule has 0 bridgehead atoms. The fourth-order valence-electron chi connectivity index (χ4n) is 3.21. The Morgan fingerprint density at radius 2 is 2.38 bits per heavy atom. The largest absolute Gasteiger partial charge is 0.345 e. The molecule has 1 aliphatic rings. The van der Waals surface area contributed by atoms with Gasteiger partial charge in [0.2, 0.25) is 0 Å². The van der Waals surface area contributed by atoms with Gasteiger partial charge in [-0.25, -0.2) is 4.98 Å². The number of likely N-dealkylation sites (tertiary alicyclic amines) is 1. The molecule has 1 aromatic carbocycles. The number of nitrogens with zero attached hydrogens (tertiary/aromatic N) is 3. The summed E-state index contributed by atoms with van der Waals surface area (Å²) >= 11 is 0. The molecule has 1 saturated heterocycles. The molecule has 0 aliphatic carbocycles. The van der Waals surface area contributed by atoms with Gasteiger partial charge in [-0.1, -0.05) is 6.92 Å². The second-order valence-electron chi connectivity index (χ2n) is 5.74. The lowest BCUT2D eigenvalue weighted by atomic mass is 10.1. The van der Waals surface area contributed by atoms with Crippen LogP contribution in [0, 0.1) is 0 Å². The molecule has 2 aromatic rings. The monoisotopic (exact) mass is 286 g/mol. The summed E-state index contributed by atoms with van der Waals surface area (Å²) in [7, 11) is 1.89. The molecule has 0 saturated carbocycles. The zero-order valence-corrected chi connectivity index (χ0v) is 12.7. The van der Waals surface area contributed by atoms with Crippen LogP contribution in [-0.2, 0) is 0 Å². The normalized spacial score (nSPS) is 19.2. The number of nitrogens with one attached hydrogen (secondary N) is 1. The predicted molar refractivity (Wildman–Crippen MR) is 83.3 cm³/mol. The number of likely N-dealkylation sites (N-methyl/N-ethyl adjacent to an activating group) is 2. The molecular weight excluding hydrogens is 264 g/mol. The van der Waals surface area contributed by atoms with Gasteiger partial charge in [-0.15, -0.1) is 0 Å². The first-order valence-corrected chi connectivity index (χ1v) is 7.61. The summed E-state index contributed by atoms with van der Waals surface area (Å²) in [5.41, 5.74) is 2.52. The smallest absolute Gasteiger partial charge is 0.253 e. The summed E-state index contributed by atoms with van der Waals surface area (Å²) in [6, 6.07) is 6.13. The topological polar surface area (TPSA) is 52.2 Å². The van der Waals surface area contributed by atoms with E-state index in [1.165, 1.54) is 12.8 Å². The SMILES string of the molecule is CCN1CCCC1CN(C)C(=O)c1ccc2nc[nH]c2c1. The highest BCUT2D eigenvalue weighted by Crippen LogP contribution is 2.19. The molecule has 112 valence electrons. The van der Waals surface area contributed by atoms with Crippen LogP contribution in [0.2, 0.25) is 0 Å². The number of aromatic amines is 1. The van der Waals surface area contributed by atoms with Gasteiger partial charge in [0, 0.05) is 25.2 Å². The van der Waals surface area contributed by atoms with Crippen molar-refractivity contribution in [2.24, 2.45) is 0 Å². The summed E-state index contributed by atoms with van der Waals surface area (Å²) < 4.78 is 0. The van der Waals surface area contributed by atoms with Gasteiger partial charge in [-0.2, -0.15) is 0 Å². The Kier molecular flexibility index (Phi) is 3.92. The van der Waals surface area contributed by atoms with Gasteiger partial charge in [-0.3, -0.25) is 9.69 Å². The highest BCUT2D eigenvalue weighted by atomic mass is 16.2. The quantitative estimate of drug-likeness (QED) is 0.936. The Hall–Kier alpha value is -1.88. The van der Waals surface area contributed by atoms with E-state index in [1.807, 2.05) is 30.1 Å². The lowest BCUT2D eigenvalue weighted by molar-refractivity contribution is 0.0755. The lowest BCUT2D eigenvalue weighted by Crippen LogP contribution is -2.41. The van der Waals surface area contributed by atoms with Gasteiger partial charge >= 0.3 is 0 Å². The number of amides is 1. The van der Waals surface area contributed by atoms with Crippen LogP contribution < -0.4 is 0 Å². The van der Waals surface area contributed by atoms with E-state index in [4.69, 9.17) is 0 Å². The Morgan fingerprint density at radius 3 is 3.19 bits per heavy atom. The molecule has 1 N–H and O–H groups in total. The summed E-state index contributed by atoms with van der Waals surface area (Å²) in [6.07, 6.45) is 4.08. The number of hydrogen-bond acceptors (Lipinski definition) is 3. The van der Waals surface area contributed by atoms with E-state index in [-0.39, 0.29) is 5.91 Å². The van der Waals surface area contributed by atoms with Gasteiger partial charge in [0.25, 0.3) is 5.91 Å². The Morgan fingerprint density at radius 1 is 1.52 bits per heavy atom. The van der Waals surface area contributed by atoms with E-state index >= 15 is 0 Å². The van der Waals surface area contributed by atoms with Crippen LogP contribution in [0.1, 0.15) is 30.1 Å². The minimum atomic E-state index is 0.0782. The lowest BCUT2D eigenvalue weighted by Gasteiger charge is -2.27. The number of aromatic nitrogens is 2. The first-order valence-electron chi connectivity index (χ1n) is 7.61. The second-order valence-corrected chi connectivity index (χ2v) is 5.74. The van der Waals surface area contributed by atoms with Crippen molar-refractivity contribution in [2.45, 2.75) is 25.8 Å². The van der Waals surface area contributed by atoms with Gasteiger partial charge in [0.05, 0.1) is 17.4 Å². The molecule has 1 aliphatic heterocycles. The van der Waals surface area contributed by atoms with Crippen molar-refractivity contribution >= 4 is 16.9 Å². The molecule has 2 heterocycles. The van der Waals surface area contributed by atoms with Crippen LogP contribution in [0.3, 0.4) is 0 Å². The molecule has 1 aromatic heterocycles. The third-order valence-electron chi connectivity index (χ3n) is 4.40. The van der Waals surface area contributed by atoms with Crippen molar-refractivity contribution in [3.05, 3.63) is 30.1 Å². The van der Waals surface area contributed by atoms with Crippen molar-refractivity contribution in [1.29, 1.82) is 0 Å². The first kappa shape index (κ1) is 14.1. The van der Waals surface area contributed by atoms with Crippen LogP contribution in [0.25, 0.3) is 11.0 Å². The van der Waals surface area contributed by atoms with Gasteiger partial charge in [0.1, 0.15) is 0 Å². The van der Waals surface area contributed by atoms with Crippen LogP contribution in [-0.4, -0.2) is 58.4 Å². The van der Waals surface area contributed by atoms with Gasteiger partial charge in [-0.05, 0) is 44.1 Å². The first-order chi connectivity index (χ1) is 10.2. The minimum Gasteiger partial charge on any atom is -0.345 e. The zero-order valence-electron chi connectivity index (χ0n) is 12.7. The number of hydrogen-bond donors (Lipinski definition) is 1. The molecule has 1 atom stereocenters. The summed E-state index contributed by atoms with van der Waals surface area (Å²) in [5, 5.41) is 0. The summed E-state index contributed by atoms with van der Waals surface area (Å²) in [5.74, 6) is 0.0782. The van der Waals surface area contributed by atoms with Gasteiger partial charge < -0.3 is 9.88 Å². The molecule has 1 amide bonds. The van der Waals surface area contributed by atoms with E-state index < -0.39 is 0 Å². The summed E-state index contributed by atoms with van der Waals surface area (Å²) in [4.78, 5) is 24.1. The Labute approximate surface area is 125 Å². The van der Waals surface area contributed by atoms with Crippen molar-refractivity contribution in [3.8, 4) is 0 Å². The molecule has 0 spiro atoms. The fraction of sp³-hybridized carbons (Fsp3) is 0.500. The third-order valence-corrected chi connectivity index (χ3v) is 4.40. The Bertz CT molecular complexity index is 636. The molecular formula is C16H22N4O. The number of H-pyrrole nitrogens is 1. The van der Waals surface area contributed by atoms with E-state index in [2.05, 4.69) is 21.8 Å². The van der Waals surface area contributed by atoms with Crippen LogP contribution in [0.5, 0.6) is 0 Å². The van der Waals surface area contributed by atoms with Crippen molar-refractivity contribution in [1.82, 2.24) is 19.8 Å². The Balaban J connectivity index is 1.71. The number of carbonyl (C=O) groups excluding carboxylic acids is 1.